The van der Waals surface area contributed by atoms with Crippen molar-refractivity contribution in [1.82, 2.24) is 0 Å². The molecule has 4 nitrogen and oxygen atoms in total. The number of ketones is 2. The molecule has 1 aliphatic heterocycles. The van der Waals surface area contributed by atoms with Gasteiger partial charge in [-0.3, -0.25) is 9.59 Å². The summed E-state index contributed by atoms with van der Waals surface area (Å²) in [4.78, 5) is 25.0. The van der Waals surface area contributed by atoms with Gasteiger partial charge in [0.15, 0.2) is 0 Å². The number of carbonyl (C=O) groups excluding carboxylic acids is 2. The van der Waals surface area contributed by atoms with Gasteiger partial charge >= 0.3 is 0 Å². The minimum atomic E-state index is -0.480. The van der Waals surface area contributed by atoms with Crippen LogP contribution in [-0.2, 0) is 14.3 Å². The molecule has 26 heavy (non-hydrogen) atoms. The van der Waals surface area contributed by atoms with Gasteiger partial charge < -0.3 is 9.84 Å². The molecule has 0 amide bonds. The lowest BCUT2D eigenvalue weighted by molar-refractivity contribution is -0.133. The summed E-state index contributed by atoms with van der Waals surface area (Å²) >= 11 is 0. The van der Waals surface area contributed by atoms with Gasteiger partial charge in [-0.15, -0.1) is 0 Å². The highest BCUT2D eigenvalue weighted by Crippen LogP contribution is 2.50. The van der Waals surface area contributed by atoms with Crippen LogP contribution in [-0.4, -0.2) is 35.0 Å². The van der Waals surface area contributed by atoms with E-state index in [4.69, 9.17) is 4.74 Å². The van der Waals surface area contributed by atoms with Crippen molar-refractivity contribution in [3.8, 4) is 0 Å². The van der Waals surface area contributed by atoms with Crippen molar-refractivity contribution in [2.75, 3.05) is 6.61 Å². The standard InChI is InChI=1S/C22H38O4/c1-8-11-14(4)21-22(7,26-21)16(6)18(10-3)20(25)19(13-23)15(5)12-17(24)9-2/h8,11,14-16,18-19,21,23H,9-10,12-13H2,1-7H3/b11-8-/t14-,15?,16-,18+,19?,21+,22-/m0/s1. The van der Waals surface area contributed by atoms with Crippen LogP contribution in [0, 0.1) is 29.6 Å². The molecule has 0 radical (unpaired) electrons. The SMILES string of the molecule is C/C=C\[C@H](C)[C@H]1O[C@@]1(C)[C@@H](C)[C@@H](CC)C(=O)C(CO)C(C)CC(=O)CC. The van der Waals surface area contributed by atoms with Crippen LogP contribution in [0.4, 0.5) is 0 Å². The molecule has 0 aromatic heterocycles. The molecule has 1 fully saturated rings. The molecule has 0 spiro atoms. The molecule has 0 aromatic carbocycles. The first kappa shape index (κ1) is 23.0. The second-order valence-corrected chi connectivity index (χ2v) is 8.18. The van der Waals surface area contributed by atoms with Crippen LogP contribution in [0.15, 0.2) is 12.2 Å². The Kier molecular flexibility index (Phi) is 8.68. The van der Waals surface area contributed by atoms with Crippen molar-refractivity contribution in [1.29, 1.82) is 0 Å². The van der Waals surface area contributed by atoms with Gasteiger partial charge in [0, 0.05) is 30.6 Å². The molecule has 1 saturated heterocycles. The molecule has 0 saturated carbocycles. The lowest BCUT2D eigenvalue weighted by Gasteiger charge is -2.31. The van der Waals surface area contributed by atoms with Crippen molar-refractivity contribution >= 4 is 11.6 Å². The summed E-state index contributed by atoms with van der Waals surface area (Å²) in [5.74, 6) is -0.177. The van der Waals surface area contributed by atoms with Crippen LogP contribution in [0.25, 0.3) is 0 Å². The van der Waals surface area contributed by atoms with E-state index in [2.05, 4.69) is 26.8 Å². The fourth-order valence-electron chi connectivity index (χ4n) is 4.31. The summed E-state index contributed by atoms with van der Waals surface area (Å²) < 4.78 is 6.05. The average Bonchev–Trinajstić information content (AvgIpc) is 3.29. The van der Waals surface area contributed by atoms with Gasteiger partial charge in [0.2, 0.25) is 0 Å². The number of Topliss-reactive ketones (excluding diaryl/α,β-unsaturated/α-hetero) is 2. The fraction of sp³-hybridized carbons (Fsp3) is 0.818. The van der Waals surface area contributed by atoms with Crippen molar-refractivity contribution in [3.63, 3.8) is 0 Å². The maximum atomic E-state index is 13.2. The summed E-state index contributed by atoms with van der Waals surface area (Å²) in [5.41, 5.74) is -0.308. The highest BCUT2D eigenvalue weighted by atomic mass is 16.6. The smallest absolute Gasteiger partial charge is 0.141 e. The average molecular weight is 367 g/mol. The third kappa shape index (κ3) is 5.04. The Morgan fingerprint density at radius 2 is 1.81 bits per heavy atom. The van der Waals surface area contributed by atoms with E-state index in [-0.39, 0.29) is 47.6 Å². The fourth-order valence-corrected chi connectivity index (χ4v) is 4.31. The van der Waals surface area contributed by atoms with E-state index in [0.717, 1.165) is 0 Å². The second kappa shape index (κ2) is 9.80. The molecule has 150 valence electrons. The normalized spacial score (nSPS) is 28.4. The maximum Gasteiger partial charge on any atom is 0.141 e. The molecular formula is C22H38O4. The van der Waals surface area contributed by atoms with Gasteiger partial charge in [-0.25, -0.2) is 0 Å². The Hall–Kier alpha value is -1.00. The summed E-state index contributed by atoms with van der Waals surface area (Å²) in [7, 11) is 0. The molecular weight excluding hydrogens is 328 g/mol. The van der Waals surface area contributed by atoms with Gasteiger partial charge in [-0.2, -0.15) is 0 Å². The topological polar surface area (TPSA) is 66.9 Å². The molecule has 0 aliphatic carbocycles. The number of hydrogen-bond acceptors (Lipinski definition) is 4. The number of ether oxygens (including phenoxy) is 1. The van der Waals surface area contributed by atoms with E-state index in [1.54, 1.807) is 0 Å². The predicted octanol–water partition coefficient (Wildman–Crippen LogP) is 4.20. The maximum absolute atomic E-state index is 13.2. The van der Waals surface area contributed by atoms with Crippen LogP contribution < -0.4 is 0 Å². The van der Waals surface area contributed by atoms with Crippen molar-refractivity contribution in [2.24, 2.45) is 29.6 Å². The molecule has 4 heteroatoms. The summed E-state index contributed by atoms with van der Waals surface area (Å²) in [6, 6.07) is 0. The largest absolute Gasteiger partial charge is 0.396 e. The van der Waals surface area contributed by atoms with Gasteiger partial charge in [-0.1, -0.05) is 46.8 Å². The number of allylic oxidation sites excluding steroid dienone is 1. The second-order valence-electron chi connectivity index (χ2n) is 8.18. The van der Waals surface area contributed by atoms with E-state index in [1.807, 2.05) is 33.8 Å². The monoisotopic (exact) mass is 366 g/mol. The van der Waals surface area contributed by atoms with E-state index < -0.39 is 5.92 Å². The van der Waals surface area contributed by atoms with Gasteiger partial charge in [0.1, 0.15) is 11.6 Å². The van der Waals surface area contributed by atoms with Crippen LogP contribution in [0.2, 0.25) is 0 Å². The van der Waals surface area contributed by atoms with Crippen LogP contribution >= 0.6 is 0 Å². The van der Waals surface area contributed by atoms with E-state index in [9.17, 15) is 14.7 Å². The minimum Gasteiger partial charge on any atom is -0.396 e. The van der Waals surface area contributed by atoms with Crippen molar-refractivity contribution in [2.45, 2.75) is 79.4 Å². The molecule has 7 atom stereocenters. The first-order chi connectivity index (χ1) is 12.2. The van der Waals surface area contributed by atoms with Crippen molar-refractivity contribution < 1.29 is 19.4 Å². The zero-order valence-electron chi connectivity index (χ0n) is 17.6. The molecule has 1 rings (SSSR count). The molecule has 2 unspecified atom stereocenters. The van der Waals surface area contributed by atoms with Gasteiger partial charge in [0.05, 0.1) is 18.3 Å². The zero-order chi connectivity index (χ0) is 20.1. The number of carbonyl (C=O) groups is 2. The Balaban J connectivity index is 2.88. The predicted molar refractivity (Wildman–Crippen MR) is 105 cm³/mol. The quantitative estimate of drug-likeness (QED) is 0.415. The highest BCUT2D eigenvalue weighted by Gasteiger charge is 2.59. The summed E-state index contributed by atoms with van der Waals surface area (Å²) in [5, 5.41) is 9.83. The molecule has 0 bridgehead atoms. The lowest BCUT2D eigenvalue weighted by atomic mass is 9.71. The van der Waals surface area contributed by atoms with E-state index in [1.165, 1.54) is 0 Å². The third-order valence-electron chi connectivity index (χ3n) is 6.37. The van der Waals surface area contributed by atoms with Crippen LogP contribution in [0.1, 0.15) is 67.7 Å². The molecule has 1 heterocycles. The lowest BCUT2D eigenvalue weighted by Crippen LogP contribution is -2.39. The Morgan fingerprint density at radius 1 is 1.19 bits per heavy atom. The Labute approximate surface area is 159 Å². The number of epoxide rings is 1. The first-order valence-electron chi connectivity index (χ1n) is 10.1. The zero-order valence-corrected chi connectivity index (χ0v) is 17.6. The molecule has 1 N–H and O–H groups in total. The minimum absolute atomic E-state index is 0.0702. The Bertz CT molecular complexity index is 512. The van der Waals surface area contributed by atoms with Crippen molar-refractivity contribution in [3.05, 3.63) is 12.2 Å². The van der Waals surface area contributed by atoms with E-state index in [0.29, 0.717) is 25.2 Å². The molecule has 1 aliphatic rings. The third-order valence-corrected chi connectivity index (χ3v) is 6.37. The first-order valence-corrected chi connectivity index (χ1v) is 10.1. The summed E-state index contributed by atoms with van der Waals surface area (Å²) in [6.45, 7) is 13.9. The number of hydrogen-bond donors (Lipinski definition) is 1. The van der Waals surface area contributed by atoms with Crippen LogP contribution in [0.3, 0.4) is 0 Å². The number of aliphatic hydroxyl groups is 1. The highest BCUT2D eigenvalue weighted by molar-refractivity contribution is 5.85. The van der Waals surface area contributed by atoms with Crippen LogP contribution in [0.5, 0.6) is 0 Å². The van der Waals surface area contributed by atoms with Gasteiger partial charge in [0.25, 0.3) is 0 Å². The summed E-state index contributed by atoms with van der Waals surface area (Å²) in [6.07, 6.45) is 5.85. The van der Waals surface area contributed by atoms with Gasteiger partial charge in [-0.05, 0) is 32.1 Å². The number of rotatable bonds is 12. The van der Waals surface area contributed by atoms with E-state index >= 15 is 0 Å². The number of aliphatic hydroxyl groups excluding tert-OH is 1. The Morgan fingerprint density at radius 3 is 2.27 bits per heavy atom. The molecule has 0 aromatic rings.